The number of benzene rings is 1. The first kappa shape index (κ1) is 9.99. The van der Waals surface area contributed by atoms with Gasteiger partial charge in [0.15, 0.2) is 12.0 Å². The van der Waals surface area contributed by atoms with Crippen LogP contribution in [0.25, 0.3) is 0 Å². The molecule has 0 fully saturated rings. The van der Waals surface area contributed by atoms with Crippen LogP contribution in [0.3, 0.4) is 0 Å². The van der Waals surface area contributed by atoms with Crippen LogP contribution in [0.4, 0.5) is 4.39 Å². The third-order valence-electron chi connectivity index (χ3n) is 1.71. The van der Waals surface area contributed by atoms with Crippen LogP contribution >= 0.6 is 11.6 Å². The molecular weight excluding hydrogens is 195 g/mol. The maximum Gasteiger partial charge on any atom is 0.156 e. The van der Waals surface area contributed by atoms with E-state index in [1.54, 1.807) is 6.92 Å². The number of aryl methyl sites for hydroxylation is 1. The molecule has 0 heterocycles. The van der Waals surface area contributed by atoms with Gasteiger partial charge in [-0.1, -0.05) is 11.6 Å². The first-order chi connectivity index (χ1) is 6.11. The number of rotatable bonds is 2. The van der Waals surface area contributed by atoms with Crippen LogP contribution in [0.5, 0.6) is 5.75 Å². The molecule has 0 N–H and O–H groups in total. The second-order valence-electron chi connectivity index (χ2n) is 2.55. The highest BCUT2D eigenvalue weighted by atomic mass is 35.5. The van der Waals surface area contributed by atoms with Gasteiger partial charge in [-0.25, -0.2) is 4.39 Å². The van der Waals surface area contributed by atoms with Crippen LogP contribution in [0.15, 0.2) is 6.07 Å². The average Bonchev–Trinajstić information content (AvgIpc) is 2.10. The van der Waals surface area contributed by atoms with Crippen molar-refractivity contribution in [3.05, 3.63) is 28.0 Å². The molecule has 0 spiro atoms. The number of carbonyl (C=O) groups is 1. The van der Waals surface area contributed by atoms with E-state index in [0.717, 1.165) is 0 Å². The minimum atomic E-state index is -0.617. The van der Waals surface area contributed by atoms with E-state index < -0.39 is 5.82 Å². The fourth-order valence-corrected chi connectivity index (χ4v) is 1.28. The molecular formula is C9H8ClFO2. The van der Waals surface area contributed by atoms with Crippen LogP contribution in [-0.4, -0.2) is 13.4 Å². The van der Waals surface area contributed by atoms with Crippen molar-refractivity contribution in [3.8, 4) is 5.75 Å². The molecule has 0 saturated heterocycles. The van der Waals surface area contributed by atoms with E-state index in [9.17, 15) is 9.18 Å². The minimum Gasteiger partial charge on any atom is -0.494 e. The average molecular weight is 203 g/mol. The van der Waals surface area contributed by atoms with Crippen molar-refractivity contribution in [3.63, 3.8) is 0 Å². The largest absolute Gasteiger partial charge is 0.494 e. The van der Waals surface area contributed by atoms with E-state index in [-0.39, 0.29) is 16.3 Å². The van der Waals surface area contributed by atoms with E-state index in [1.165, 1.54) is 13.2 Å². The van der Waals surface area contributed by atoms with Crippen molar-refractivity contribution in [2.45, 2.75) is 6.92 Å². The molecule has 0 radical (unpaired) electrons. The molecule has 70 valence electrons. The molecule has 1 aromatic rings. The van der Waals surface area contributed by atoms with E-state index in [4.69, 9.17) is 16.3 Å². The minimum absolute atomic E-state index is 0.0918. The molecule has 0 aromatic heterocycles. The smallest absolute Gasteiger partial charge is 0.156 e. The van der Waals surface area contributed by atoms with Crippen molar-refractivity contribution >= 4 is 17.9 Å². The summed E-state index contributed by atoms with van der Waals surface area (Å²) in [7, 11) is 1.34. The van der Waals surface area contributed by atoms with E-state index in [0.29, 0.717) is 11.8 Å². The predicted octanol–water partition coefficient (Wildman–Crippen LogP) is 2.61. The summed E-state index contributed by atoms with van der Waals surface area (Å²) in [5.41, 5.74) is 0.403. The fraction of sp³-hybridized carbons (Fsp3) is 0.222. The molecule has 1 rings (SSSR count). The Labute approximate surface area is 80.3 Å². The maximum atomic E-state index is 13.1. The van der Waals surface area contributed by atoms with Crippen LogP contribution in [0.1, 0.15) is 15.9 Å². The van der Waals surface area contributed by atoms with Crippen LogP contribution in [0.2, 0.25) is 5.02 Å². The monoisotopic (exact) mass is 202 g/mol. The van der Waals surface area contributed by atoms with Gasteiger partial charge in [0.05, 0.1) is 17.7 Å². The lowest BCUT2D eigenvalue weighted by Gasteiger charge is -2.08. The van der Waals surface area contributed by atoms with Gasteiger partial charge in [0, 0.05) is 0 Å². The van der Waals surface area contributed by atoms with Crippen molar-refractivity contribution in [2.24, 2.45) is 0 Å². The molecule has 2 nitrogen and oxygen atoms in total. The Morgan fingerprint density at radius 2 is 2.23 bits per heavy atom. The Morgan fingerprint density at radius 1 is 1.62 bits per heavy atom. The number of carbonyl (C=O) groups excluding carboxylic acids is 1. The third kappa shape index (κ3) is 1.65. The predicted molar refractivity (Wildman–Crippen MR) is 48.1 cm³/mol. The summed E-state index contributed by atoms with van der Waals surface area (Å²) in [5.74, 6) is -0.525. The molecule has 0 aliphatic carbocycles. The lowest BCUT2D eigenvalue weighted by Crippen LogP contribution is -1.97. The van der Waals surface area contributed by atoms with Gasteiger partial charge in [-0.2, -0.15) is 0 Å². The molecule has 0 atom stereocenters. The number of halogens is 2. The molecule has 1 aromatic carbocycles. The summed E-state index contributed by atoms with van der Waals surface area (Å²) in [5, 5.41) is 0.269. The number of hydrogen-bond acceptors (Lipinski definition) is 2. The van der Waals surface area contributed by atoms with Crippen molar-refractivity contribution in [1.82, 2.24) is 0 Å². The van der Waals surface area contributed by atoms with Crippen LogP contribution in [0, 0.1) is 12.7 Å². The number of ether oxygens (including phenoxy) is 1. The SMILES string of the molecule is COc1c(Cl)c(C)cc(F)c1C=O. The van der Waals surface area contributed by atoms with Gasteiger partial charge in [-0.05, 0) is 18.6 Å². The summed E-state index contributed by atoms with van der Waals surface area (Å²) >= 11 is 5.80. The van der Waals surface area contributed by atoms with E-state index in [2.05, 4.69) is 0 Å². The van der Waals surface area contributed by atoms with Gasteiger partial charge in [-0.3, -0.25) is 4.79 Å². The molecule has 0 aliphatic heterocycles. The number of hydrogen-bond donors (Lipinski definition) is 0. The Bertz CT molecular complexity index is 350. The Morgan fingerprint density at radius 3 is 2.69 bits per heavy atom. The summed E-state index contributed by atoms with van der Waals surface area (Å²) in [6.45, 7) is 1.64. The molecule has 13 heavy (non-hydrogen) atoms. The summed E-state index contributed by atoms with van der Waals surface area (Å²) in [6, 6.07) is 1.20. The molecule has 0 aliphatic rings. The zero-order valence-corrected chi connectivity index (χ0v) is 7.98. The lowest BCUT2D eigenvalue weighted by molar-refractivity contribution is 0.111. The molecule has 4 heteroatoms. The van der Waals surface area contributed by atoms with Gasteiger partial charge < -0.3 is 4.74 Å². The Hall–Kier alpha value is -1.09. The van der Waals surface area contributed by atoms with Crippen molar-refractivity contribution in [1.29, 1.82) is 0 Å². The van der Waals surface area contributed by atoms with E-state index in [1.807, 2.05) is 0 Å². The van der Waals surface area contributed by atoms with E-state index >= 15 is 0 Å². The zero-order chi connectivity index (χ0) is 10.0. The topological polar surface area (TPSA) is 26.3 Å². The highest BCUT2D eigenvalue weighted by Crippen LogP contribution is 2.32. The van der Waals surface area contributed by atoms with Gasteiger partial charge in [-0.15, -0.1) is 0 Å². The molecule has 0 saturated carbocycles. The fourth-order valence-electron chi connectivity index (χ4n) is 1.05. The quantitative estimate of drug-likeness (QED) is 0.689. The molecule has 0 amide bonds. The van der Waals surface area contributed by atoms with Crippen LogP contribution in [-0.2, 0) is 0 Å². The van der Waals surface area contributed by atoms with Gasteiger partial charge in [0.25, 0.3) is 0 Å². The number of methoxy groups -OCH3 is 1. The second-order valence-corrected chi connectivity index (χ2v) is 2.93. The zero-order valence-electron chi connectivity index (χ0n) is 7.23. The standard InChI is InChI=1S/C9H8ClFO2/c1-5-3-7(11)6(4-12)9(13-2)8(5)10/h3-4H,1-2H3. The Kier molecular flexibility index (Phi) is 2.88. The van der Waals surface area contributed by atoms with Gasteiger partial charge in [0.2, 0.25) is 0 Å². The maximum absolute atomic E-state index is 13.1. The summed E-state index contributed by atoms with van der Waals surface area (Å²) in [6.07, 6.45) is 0.388. The van der Waals surface area contributed by atoms with Gasteiger partial charge in [0.1, 0.15) is 5.82 Å². The number of aldehydes is 1. The molecule has 0 bridgehead atoms. The summed E-state index contributed by atoms with van der Waals surface area (Å²) < 4.78 is 17.9. The van der Waals surface area contributed by atoms with Gasteiger partial charge >= 0.3 is 0 Å². The Balaban J connectivity index is 3.50. The summed E-state index contributed by atoms with van der Waals surface area (Å²) in [4.78, 5) is 10.5. The first-order valence-corrected chi connectivity index (χ1v) is 3.97. The second kappa shape index (κ2) is 3.75. The highest BCUT2D eigenvalue weighted by molar-refractivity contribution is 6.33. The lowest BCUT2D eigenvalue weighted by atomic mass is 10.1. The first-order valence-electron chi connectivity index (χ1n) is 3.59. The third-order valence-corrected chi connectivity index (χ3v) is 2.18. The highest BCUT2D eigenvalue weighted by Gasteiger charge is 2.14. The van der Waals surface area contributed by atoms with Crippen molar-refractivity contribution in [2.75, 3.05) is 7.11 Å². The van der Waals surface area contributed by atoms with Crippen molar-refractivity contribution < 1.29 is 13.9 Å². The normalized spacial score (nSPS) is 9.85. The van der Waals surface area contributed by atoms with Crippen LogP contribution < -0.4 is 4.74 Å². The molecule has 0 unspecified atom stereocenters.